The summed E-state index contributed by atoms with van der Waals surface area (Å²) in [6, 6.07) is 4.62. The molecule has 0 bridgehead atoms. The van der Waals surface area contributed by atoms with Gasteiger partial charge < -0.3 is 4.98 Å². The maximum Gasteiger partial charge on any atom is 0.184 e. The van der Waals surface area contributed by atoms with Crippen molar-refractivity contribution in [1.29, 1.82) is 0 Å². The van der Waals surface area contributed by atoms with Gasteiger partial charge in [-0.1, -0.05) is 11.6 Å². The van der Waals surface area contributed by atoms with Gasteiger partial charge in [0.15, 0.2) is 10.4 Å². The Bertz CT molecular complexity index is 861. The average molecular weight is 311 g/mol. The number of rotatable bonds is 2. The number of fused-ring (bicyclic) bond motifs is 1. The van der Waals surface area contributed by atoms with Gasteiger partial charge in [0.1, 0.15) is 11.3 Å². The lowest BCUT2D eigenvalue weighted by molar-refractivity contribution is 0.626. The molecule has 2 aromatic heterocycles. The predicted molar refractivity (Wildman–Crippen MR) is 79.6 cm³/mol. The van der Waals surface area contributed by atoms with Crippen molar-refractivity contribution >= 4 is 35.0 Å². The molecule has 0 aliphatic rings. The molecule has 4 nitrogen and oxygen atoms in total. The number of imidazole rings is 1. The summed E-state index contributed by atoms with van der Waals surface area (Å²) in [5, 5.41) is 4.52. The molecule has 3 rings (SSSR count). The Morgan fingerprint density at radius 3 is 2.85 bits per heavy atom. The Kier molecular flexibility index (Phi) is 3.14. The van der Waals surface area contributed by atoms with Crippen molar-refractivity contribution in [3.05, 3.63) is 39.5 Å². The summed E-state index contributed by atoms with van der Waals surface area (Å²) in [7, 11) is 0. The number of benzene rings is 1. The minimum atomic E-state index is -0.472. The first-order chi connectivity index (χ1) is 9.52. The highest BCUT2D eigenvalue weighted by atomic mass is 35.5. The fourth-order valence-electron chi connectivity index (χ4n) is 2.29. The maximum absolute atomic E-state index is 13.7. The Morgan fingerprint density at radius 2 is 2.20 bits per heavy atom. The lowest BCUT2D eigenvalue weighted by atomic mass is 10.3. The zero-order valence-electron chi connectivity index (χ0n) is 10.9. The van der Waals surface area contributed by atoms with Crippen LogP contribution in [0.1, 0.15) is 12.6 Å². The highest BCUT2D eigenvalue weighted by Gasteiger charge is 2.15. The summed E-state index contributed by atoms with van der Waals surface area (Å²) in [4.78, 5) is 3.12. The molecule has 0 atom stereocenters. The quantitative estimate of drug-likeness (QED) is 0.726. The van der Waals surface area contributed by atoms with Crippen LogP contribution < -0.4 is 0 Å². The van der Waals surface area contributed by atoms with Crippen LogP contribution in [0.2, 0.25) is 5.02 Å². The lowest BCUT2D eigenvalue weighted by Crippen LogP contribution is -2.04. The third kappa shape index (κ3) is 1.87. The summed E-state index contributed by atoms with van der Waals surface area (Å²) in [6.07, 6.45) is 0. The molecule has 1 aromatic carbocycles. The number of hydrogen-bond acceptors (Lipinski definition) is 2. The first-order valence-corrected chi connectivity index (χ1v) is 6.95. The maximum atomic E-state index is 13.7. The number of nitrogens with one attached hydrogen (secondary N) is 1. The molecule has 7 heteroatoms. The summed E-state index contributed by atoms with van der Waals surface area (Å²) >= 11 is 11.1. The van der Waals surface area contributed by atoms with E-state index in [-0.39, 0.29) is 5.02 Å². The fraction of sp³-hybridized carbons (Fsp3) is 0.231. The summed E-state index contributed by atoms with van der Waals surface area (Å²) in [5.74, 6) is -0.472. The molecular formula is C13H12ClFN4S. The van der Waals surface area contributed by atoms with Gasteiger partial charge in [-0.2, -0.15) is 5.10 Å². The van der Waals surface area contributed by atoms with Crippen LogP contribution in [0.4, 0.5) is 4.39 Å². The first-order valence-electron chi connectivity index (χ1n) is 6.16. The molecular weight excluding hydrogens is 299 g/mol. The monoisotopic (exact) mass is 310 g/mol. The van der Waals surface area contributed by atoms with Crippen molar-refractivity contribution in [1.82, 2.24) is 19.3 Å². The number of halogens is 2. The van der Waals surface area contributed by atoms with E-state index in [4.69, 9.17) is 23.8 Å². The fourth-order valence-corrected chi connectivity index (χ4v) is 2.70. The second-order valence-electron chi connectivity index (χ2n) is 4.46. The van der Waals surface area contributed by atoms with Gasteiger partial charge in [0.25, 0.3) is 0 Å². The molecule has 0 amide bonds. The molecule has 0 unspecified atom stereocenters. The van der Waals surface area contributed by atoms with E-state index in [1.54, 1.807) is 10.6 Å². The van der Waals surface area contributed by atoms with E-state index in [2.05, 4.69) is 10.1 Å². The molecule has 0 aliphatic carbocycles. The first kappa shape index (κ1) is 13.3. The van der Waals surface area contributed by atoms with Crippen molar-refractivity contribution in [3.63, 3.8) is 0 Å². The second-order valence-corrected chi connectivity index (χ2v) is 5.26. The number of aromatic amines is 1. The van der Waals surface area contributed by atoms with Crippen LogP contribution >= 0.6 is 23.8 Å². The summed E-state index contributed by atoms with van der Waals surface area (Å²) in [5.41, 5.74) is 3.18. The van der Waals surface area contributed by atoms with Crippen LogP contribution in [0.15, 0.2) is 18.2 Å². The van der Waals surface area contributed by atoms with E-state index in [9.17, 15) is 4.39 Å². The van der Waals surface area contributed by atoms with Crippen molar-refractivity contribution < 1.29 is 4.39 Å². The van der Waals surface area contributed by atoms with Gasteiger partial charge in [0.05, 0.1) is 16.4 Å². The van der Waals surface area contributed by atoms with Gasteiger partial charge in [-0.05, 0) is 44.3 Å². The topological polar surface area (TPSA) is 38.5 Å². The van der Waals surface area contributed by atoms with Crippen LogP contribution in [-0.2, 0) is 6.54 Å². The van der Waals surface area contributed by atoms with Crippen LogP contribution in [0.3, 0.4) is 0 Å². The average Bonchev–Trinajstić information content (AvgIpc) is 2.90. The minimum absolute atomic E-state index is 0.0900. The zero-order valence-corrected chi connectivity index (χ0v) is 12.5. The Balaban J connectivity index is 2.37. The number of aryl methyl sites for hydroxylation is 2. The standard InChI is InChI=1S/C13H12ClFN4S/c1-3-18-12-11(7(2)17-18)16-13(20)19(12)8-4-5-9(14)10(15)6-8/h4-6H,3H2,1-2H3,(H,16,20). The minimum Gasteiger partial charge on any atom is -0.327 e. The Morgan fingerprint density at radius 1 is 1.45 bits per heavy atom. The molecule has 0 spiro atoms. The molecule has 20 heavy (non-hydrogen) atoms. The van der Waals surface area contributed by atoms with Gasteiger partial charge in [-0.25, -0.2) is 9.07 Å². The Labute approximate surface area is 124 Å². The highest BCUT2D eigenvalue weighted by Crippen LogP contribution is 2.24. The van der Waals surface area contributed by atoms with Crippen LogP contribution in [0.25, 0.3) is 16.9 Å². The van der Waals surface area contributed by atoms with Crippen LogP contribution in [0, 0.1) is 17.5 Å². The molecule has 0 aliphatic heterocycles. The van der Waals surface area contributed by atoms with Gasteiger partial charge >= 0.3 is 0 Å². The highest BCUT2D eigenvalue weighted by molar-refractivity contribution is 7.71. The molecule has 0 fully saturated rings. The molecule has 0 radical (unpaired) electrons. The summed E-state index contributed by atoms with van der Waals surface area (Å²) in [6.45, 7) is 4.61. The van der Waals surface area contributed by atoms with E-state index in [0.717, 1.165) is 16.9 Å². The number of nitrogens with zero attached hydrogens (tertiary/aromatic N) is 3. The summed E-state index contributed by atoms with van der Waals surface area (Å²) < 4.78 is 17.8. The SMILES string of the molecule is CCn1nc(C)c2[nH]c(=S)n(-c3ccc(Cl)c(F)c3)c21. The van der Waals surface area contributed by atoms with E-state index in [1.165, 1.54) is 12.1 Å². The van der Waals surface area contributed by atoms with E-state index in [0.29, 0.717) is 17.0 Å². The molecule has 2 heterocycles. The molecule has 3 aromatic rings. The largest absolute Gasteiger partial charge is 0.327 e. The zero-order chi connectivity index (χ0) is 14.4. The van der Waals surface area contributed by atoms with Crippen LogP contribution in [0.5, 0.6) is 0 Å². The third-order valence-electron chi connectivity index (χ3n) is 3.21. The number of H-pyrrole nitrogens is 1. The van der Waals surface area contributed by atoms with Gasteiger partial charge in [0.2, 0.25) is 0 Å². The van der Waals surface area contributed by atoms with E-state index in [1.807, 2.05) is 18.5 Å². The predicted octanol–water partition coefficient (Wildman–Crippen LogP) is 4.01. The second kappa shape index (κ2) is 4.71. The molecule has 0 saturated heterocycles. The van der Waals surface area contributed by atoms with Crippen molar-refractivity contribution in [3.8, 4) is 5.69 Å². The van der Waals surface area contributed by atoms with Gasteiger partial charge in [-0.3, -0.25) is 4.57 Å². The molecule has 1 N–H and O–H groups in total. The normalized spacial score (nSPS) is 11.4. The molecule has 104 valence electrons. The van der Waals surface area contributed by atoms with Crippen molar-refractivity contribution in [2.24, 2.45) is 0 Å². The van der Waals surface area contributed by atoms with E-state index >= 15 is 0 Å². The van der Waals surface area contributed by atoms with E-state index < -0.39 is 5.82 Å². The van der Waals surface area contributed by atoms with Gasteiger partial charge in [0, 0.05) is 6.54 Å². The Hall–Kier alpha value is -1.66. The number of hydrogen-bond donors (Lipinski definition) is 1. The van der Waals surface area contributed by atoms with Crippen molar-refractivity contribution in [2.45, 2.75) is 20.4 Å². The lowest BCUT2D eigenvalue weighted by Gasteiger charge is -2.07. The number of aromatic nitrogens is 4. The molecule has 0 saturated carbocycles. The third-order valence-corrected chi connectivity index (χ3v) is 3.80. The smallest absolute Gasteiger partial charge is 0.184 e. The van der Waals surface area contributed by atoms with Crippen molar-refractivity contribution in [2.75, 3.05) is 0 Å². The van der Waals surface area contributed by atoms with Gasteiger partial charge in [-0.15, -0.1) is 0 Å². The van der Waals surface area contributed by atoms with Crippen LogP contribution in [-0.4, -0.2) is 19.3 Å².